The first kappa shape index (κ1) is 15.8. The smallest absolute Gasteiger partial charge is 0.225 e. The Morgan fingerprint density at radius 2 is 2.00 bits per heavy atom. The Kier molecular flexibility index (Phi) is 5.62. The molecule has 1 saturated heterocycles. The molecule has 1 amide bonds. The number of ether oxygens (including phenoxy) is 1. The van der Waals surface area contributed by atoms with E-state index in [1.165, 1.54) is 11.1 Å². The summed E-state index contributed by atoms with van der Waals surface area (Å²) in [4.78, 5) is 14.1. The van der Waals surface area contributed by atoms with Crippen molar-refractivity contribution in [3.63, 3.8) is 0 Å². The normalized spacial score (nSPS) is 16.0. The highest BCUT2D eigenvalue weighted by atomic mass is 16.5. The van der Waals surface area contributed by atoms with Gasteiger partial charge < -0.3 is 15.0 Å². The molecule has 1 N–H and O–H groups in total. The van der Waals surface area contributed by atoms with Gasteiger partial charge in [-0.05, 0) is 57.0 Å². The van der Waals surface area contributed by atoms with Crippen molar-refractivity contribution >= 4 is 5.91 Å². The molecule has 1 heterocycles. The van der Waals surface area contributed by atoms with Gasteiger partial charge in [0.2, 0.25) is 5.91 Å². The number of benzene rings is 1. The van der Waals surface area contributed by atoms with Crippen LogP contribution in [0, 0.1) is 13.8 Å². The number of carbonyl (C=O) groups excluding carboxylic acids is 1. The molecule has 21 heavy (non-hydrogen) atoms. The van der Waals surface area contributed by atoms with Crippen molar-refractivity contribution in [2.45, 2.75) is 39.2 Å². The number of piperidine rings is 1. The number of aryl methyl sites for hydroxylation is 2. The standard InChI is InChI=1S/C17H26N2O2/c1-13-4-5-16(12-14(13)2)21-11-8-17(20)19-9-6-15(18-3)7-10-19/h4-5,12,15,18H,6-11H2,1-3H3. The minimum Gasteiger partial charge on any atom is -0.493 e. The predicted octanol–water partition coefficient (Wildman–Crippen LogP) is 2.28. The molecule has 0 saturated carbocycles. The van der Waals surface area contributed by atoms with Crippen molar-refractivity contribution < 1.29 is 9.53 Å². The first-order valence-corrected chi connectivity index (χ1v) is 7.75. The van der Waals surface area contributed by atoms with Crippen LogP contribution in [0.15, 0.2) is 18.2 Å². The van der Waals surface area contributed by atoms with Crippen LogP contribution in [0.25, 0.3) is 0 Å². The van der Waals surface area contributed by atoms with Crippen LogP contribution in [0.1, 0.15) is 30.4 Å². The molecule has 116 valence electrons. The fourth-order valence-electron chi connectivity index (χ4n) is 2.64. The molecule has 0 spiro atoms. The van der Waals surface area contributed by atoms with Gasteiger partial charge in [-0.2, -0.15) is 0 Å². The van der Waals surface area contributed by atoms with Gasteiger partial charge in [-0.3, -0.25) is 4.79 Å². The summed E-state index contributed by atoms with van der Waals surface area (Å²) in [5, 5.41) is 3.28. The Labute approximate surface area is 127 Å². The van der Waals surface area contributed by atoms with E-state index in [2.05, 4.69) is 25.2 Å². The van der Waals surface area contributed by atoms with Crippen LogP contribution < -0.4 is 10.1 Å². The Bertz CT molecular complexity index is 480. The first-order chi connectivity index (χ1) is 10.1. The lowest BCUT2D eigenvalue weighted by atomic mass is 10.1. The van der Waals surface area contributed by atoms with E-state index in [1.807, 2.05) is 24.1 Å². The third kappa shape index (κ3) is 4.46. The second kappa shape index (κ2) is 7.46. The van der Waals surface area contributed by atoms with Crippen LogP contribution in [0.5, 0.6) is 5.75 Å². The fraction of sp³-hybridized carbons (Fsp3) is 0.588. The molecule has 4 nitrogen and oxygen atoms in total. The maximum atomic E-state index is 12.1. The van der Waals surface area contributed by atoms with Gasteiger partial charge in [-0.25, -0.2) is 0 Å². The minimum atomic E-state index is 0.202. The number of rotatable bonds is 5. The Balaban J connectivity index is 1.73. The van der Waals surface area contributed by atoms with Crippen molar-refractivity contribution in [2.24, 2.45) is 0 Å². The van der Waals surface area contributed by atoms with Crippen molar-refractivity contribution in [2.75, 3.05) is 26.7 Å². The zero-order valence-electron chi connectivity index (χ0n) is 13.3. The van der Waals surface area contributed by atoms with Crippen LogP contribution in [-0.2, 0) is 4.79 Å². The summed E-state index contributed by atoms with van der Waals surface area (Å²) in [7, 11) is 1.99. The molecular formula is C17H26N2O2. The van der Waals surface area contributed by atoms with Gasteiger partial charge in [0.1, 0.15) is 5.75 Å². The highest BCUT2D eigenvalue weighted by Crippen LogP contribution is 2.17. The molecular weight excluding hydrogens is 264 g/mol. The lowest BCUT2D eigenvalue weighted by Gasteiger charge is -2.31. The van der Waals surface area contributed by atoms with Crippen molar-refractivity contribution in [3.05, 3.63) is 29.3 Å². The number of nitrogens with zero attached hydrogens (tertiary/aromatic N) is 1. The van der Waals surface area contributed by atoms with Crippen LogP contribution in [0.2, 0.25) is 0 Å². The average molecular weight is 290 g/mol. The van der Waals surface area contributed by atoms with Crippen LogP contribution in [0.3, 0.4) is 0 Å². The van der Waals surface area contributed by atoms with Crippen molar-refractivity contribution in [1.29, 1.82) is 0 Å². The lowest BCUT2D eigenvalue weighted by Crippen LogP contribution is -2.44. The lowest BCUT2D eigenvalue weighted by molar-refractivity contribution is -0.132. The third-order valence-corrected chi connectivity index (χ3v) is 4.32. The summed E-state index contributed by atoms with van der Waals surface area (Å²) in [6.07, 6.45) is 2.54. The van der Waals surface area contributed by atoms with E-state index in [9.17, 15) is 4.79 Å². The van der Waals surface area contributed by atoms with E-state index in [4.69, 9.17) is 4.74 Å². The fourth-order valence-corrected chi connectivity index (χ4v) is 2.64. The molecule has 1 aromatic rings. The van der Waals surface area contributed by atoms with Gasteiger partial charge in [-0.15, -0.1) is 0 Å². The van der Waals surface area contributed by atoms with E-state index < -0.39 is 0 Å². The summed E-state index contributed by atoms with van der Waals surface area (Å²) in [5.41, 5.74) is 2.47. The number of hydrogen-bond acceptors (Lipinski definition) is 3. The third-order valence-electron chi connectivity index (χ3n) is 4.32. The van der Waals surface area contributed by atoms with E-state index >= 15 is 0 Å². The largest absolute Gasteiger partial charge is 0.493 e. The topological polar surface area (TPSA) is 41.6 Å². The van der Waals surface area contributed by atoms with E-state index in [0.29, 0.717) is 19.1 Å². The van der Waals surface area contributed by atoms with Gasteiger partial charge >= 0.3 is 0 Å². The number of hydrogen-bond donors (Lipinski definition) is 1. The average Bonchev–Trinajstić information content (AvgIpc) is 2.51. The van der Waals surface area contributed by atoms with E-state index in [-0.39, 0.29) is 5.91 Å². The number of likely N-dealkylation sites (tertiary alicyclic amines) is 1. The molecule has 1 aromatic carbocycles. The van der Waals surface area contributed by atoms with E-state index in [1.54, 1.807) is 0 Å². The Hall–Kier alpha value is -1.55. The maximum Gasteiger partial charge on any atom is 0.225 e. The maximum absolute atomic E-state index is 12.1. The molecule has 0 aromatic heterocycles. The molecule has 0 atom stereocenters. The molecule has 1 fully saturated rings. The van der Waals surface area contributed by atoms with Gasteiger partial charge in [-0.1, -0.05) is 6.07 Å². The highest BCUT2D eigenvalue weighted by molar-refractivity contribution is 5.76. The summed E-state index contributed by atoms with van der Waals surface area (Å²) in [5.74, 6) is 1.05. The zero-order valence-corrected chi connectivity index (χ0v) is 13.3. The molecule has 0 bridgehead atoms. The molecule has 4 heteroatoms. The Morgan fingerprint density at radius 3 is 2.62 bits per heavy atom. The van der Waals surface area contributed by atoms with E-state index in [0.717, 1.165) is 31.7 Å². The second-order valence-electron chi connectivity index (χ2n) is 5.79. The quantitative estimate of drug-likeness (QED) is 0.904. The minimum absolute atomic E-state index is 0.202. The van der Waals surface area contributed by atoms with Gasteiger partial charge in [0.15, 0.2) is 0 Å². The van der Waals surface area contributed by atoms with Gasteiger partial charge in [0.25, 0.3) is 0 Å². The monoisotopic (exact) mass is 290 g/mol. The van der Waals surface area contributed by atoms with Gasteiger partial charge in [0.05, 0.1) is 13.0 Å². The summed E-state index contributed by atoms with van der Waals surface area (Å²) in [6, 6.07) is 6.60. The van der Waals surface area contributed by atoms with Crippen molar-refractivity contribution in [1.82, 2.24) is 10.2 Å². The molecule has 1 aliphatic heterocycles. The predicted molar refractivity (Wildman–Crippen MR) is 84.7 cm³/mol. The molecule has 1 aliphatic rings. The van der Waals surface area contributed by atoms with Crippen LogP contribution in [0.4, 0.5) is 0 Å². The summed E-state index contributed by atoms with van der Waals surface area (Å²) < 4.78 is 5.69. The zero-order chi connectivity index (χ0) is 15.2. The Morgan fingerprint density at radius 1 is 1.29 bits per heavy atom. The van der Waals surface area contributed by atoms with Gasteiger partial charge in [0, 0.05) is 19.1 Å². The number of amides is 1. The van der Waals surface area contributed by atoms with Crippen molar-refractivity contribution in [3.8, 4) is 5.75 Å². The SMILES string of the molecule is CNC1CCN(C(=O)CCOc2ccc(C)c(C)c2)CC1. The van der Waals surface area contributed by atoms with Crippen LogP contribution in [-0.4, -0.2) is 43.6 Å². The highest BCUT2D eigenvalue weighted by Gasteiger charge is 2.21. The molecule has 0 radical (unpaired) electrons. The first-order valence-electron chi connectivity index (χ1n) is 7.75. The van der Waals surface area contributed by atoms with Crippen LogP contribution >= 0.6 is 0 Å². The molecule has 0 aliphatic carbocycles. The summed E-state index contributed by atoms with van der Waals surface area (Å²) in [6.45, 7) is 6.31. The number of carbonyl (C=O) groups is 1. The second-order valence-corrected chi connectivity index (χ2v) is 5.79. The molecule has 2 rings (SSSR count). The number of nitrogens with one attached hydrogen (secondary N) is 1. The molecule has 0 unspecified atom stereocenters. The summed E-state index contributed by atoms with van der Waals surface area (Å²) >= 11 is 0.